The zero-order valence-electron chi connectivity index (χ0n) is 25.5. The van der Waals surface area contributed by atoms with E-state index in [2.05, 4.69) is 5.32 Å². The molecule has 1 atom stereocenters. The summed E-state index contributed by atoms with van der Waals surface area (Å²) < 4.78 is 75.2. The Balaban J connectivity index is 1.84. The minimum absolute atomic E-state index is 0.0878. The molecule has 0 aliphatic carbocycles. The van der Waals surface area contributed by atoms with Gasteiger partial charge in [0.2, 0.25) is 11.8 Å². The lowest BCUT2D eigenvalue weighted by atomic mass is 10.0. The Morgan fingerprint density at radius 2 is 1.52 bits per heavy atom. The molecule has 8 nitrogen and oxygen atoms in total. The van der Waals surface area contributed by atoms with Gasteiger partial charge in [-0.2, -0.15) is 13.2 Å². The van der Waals surface area contributed by atoms with Crippen molar-refractivity contribution in [1.82, 2.24) is 10.2 Å². The van der Waals surface area contributed by atoms with Gasteiger partial charge in [-0.05, 0) is 60.5 Å². The molecule has 0 saturated carbocycles. The Kier molecular flexibility index (Phi) is 10.7. The molecule has 1 N–H and O–H groups in total. The summed E-state index contributed by atoms with van der Waals surface area (Å²) in [5.74, 6) is -0.815. The molecular weight excluding hydrogens is 619 g/mol. The quantitative estimate of drug-likeness (QED) is 0.215. The van der Waals surface area contributed by atoms with Crippen molar-refractivity contribution in [3.63, 3.8) is 0 Å². The zero-order valence-corrected chi connectivity index (χ0v) is 26.3. The number of nitrogens with one attached hydrogen (secondary N) is 1. The van der Waals surface area contributed by atoms with E-state index in [0.717, 1.165) is 23.3 Å². The highest BCUT2D eigenvalue weighted by Gasteiger charge is 2.36. The maximum atomic E-state index is 14.3. The molecule has 4 aromatic rings. The summed E-state index contributed by atoms with van der Waals surface area (Å²) in [6, 6.07) is 24.2. The summed E-state index contributed by atoms with van der Waals surface area (Å²) >= 11 is 0. The number of carbonyl (C=O) groups is 2. The summed E-state index contributed by atoms with van der Waals surface area (Å²) in [5, 5.41) is 2.59. The highest BCUT2D eigenvalue weighted by molar-refractivity contribution is 7.92. The molecule has 2 amide bonds. The number of methoxy groups -OCH3 is 1. The number of benzene rings is 4. The molecule has 0 fully saturated rings. The van der Waals surface area contributed by atoms with E-state index >= 15 is 0 Å². The first-order chi connectivity index (χ1) is 21.8. The van der Waals surface area contributed by atoms with E-state index in [0.29, 0.717) is 21.7 Å². The molecule has 46 heavy (non-hydrogen) atoms. The third-order valence-electron chi connectivity index (χ3n) is 7.35. The first kappa shape index (κ1) is 34.0. The van der Waals surface area contributed by atoms with Crippen LogP contribution in [0.5, 0.6) is 5.75 Å². The van der Waals surface area contributed by atoms with Gasteiger partial charge >= 0.3 is 6.18 Å². The van der Waals surface area contributed by atoms with Crippen molar-refractivity contribution in [3.8, 4) is 5.75 Å². The van der Waals surface area contributed by atoms with Gasteiger partial charge in [-0.25, -0.2) is 8.42 Å². The van der Waals surface area contributed by atoms with Crippen LogP contribution in [0.4, 0.5) is 18.9 Å². The van der Waals surface area contributed by atoms with Crippen molar-refractivity contribution in [2.75, 3.05) is 25.0 Å². The molecule has 0 bridgehead atoms. The van der Waals surface area contributed by atoms with Crippen molar-refractivity contribution in [2.24, 2.45) is 0 Å². The maximum Gasteiger partial charge on any atom is 0.416 e. The summed E-state index contributed by atoms with van der Waals surface area (Å²) in [7, 11) is -1.66. The Morgan fingerprint density at radius 3 is 2.15 bits per heavy atom. The minimum atomic E-state index is -4.77. The Labute approximate surface area is 266 Å². The fourth-order valence-corrected chi connectivity index (χ4v) is 6.30. The van der Waals surface area contributed by atoms with Gasteiger partial charge in [-0.1, -0.05) is 66.2 Å². The number of ether oxygens (including phenoxy) is 1. The van der Waals surface area contributed by atoms with Crippen molar-refractivity contribution < 1.29 is 35.9 Å². The van der Waals surface area contributed by atoms with Gasteiger partial charge in [0.05, 0.1) is 23.3 Å². The first-order valence-corrected chi connectivity index (χ1v) is 15.7. The molecule has 4 rings (SSSR count). The van der Waals surface area contributed by atoms with Crippen LogP contribution in [0.3, 0.4) is 0 Å². The summed E-state index contributed by atoms with van der Waals surface area (Å²) in [6.45, 7) is 0.748. The van der Waals surface area contributed by atoms with Crippen molar-refractivity contribution in [2.45, 2.75) is 37.0 Å². The second kappa shape index (κ2) is 14.5. The van der Waals surface area contributed by atoms with Crippen molar-refractivity contribution in [3.05, 3.63) is 125 Å². The van der Waals surface area contributed by atoms with E-state index in [1.165, 1.54) is 37.3 Å². The maximum absolute atomic E-state index is 14.3. The Bertz CT molecular complexity index is 1770. The van der Waals surface area contributed by atoms with Crippen molar-refractivity contribution >= 4 is 27.5 Å². The lowest BCUT2D eigenvalue weighted by Gasteiger charge is -2.33. The number of halogens is 3. The number of anilines is 1. The van der Waals surface area contributed by atoms with Crippen LogP contribution in [-0.4, -0.2) is 51.9 Å². The van der Waals surface area contributed by atoms with Crippen LogP contribution >= 0.6 is 0 Å². The van der Waals surface area contributed by atoms with E-state index < -0.39 is 46.2 Å². The predicted octanol–water partition coefficient (Wildman–Crippen LogP) is 5.60. The predicted molar refractivity (Wildman–Crippen MR) is 169 cm³/mol. The SMILES string of the molecule is CNC(=O)[C@H](Cc1ccccc1)N(Cc1cccc(OC)c1)C(=O)CN(c1cccc(C(F)(F)F)c1)S(=O)(=O)c1ccc(C)cc1. The van der Waals surface area contributed by atoms with Gasteiger partial charge in [0.1, 0.15) is 18.3 Å². The van der Waals surface area contributed by atoms with Crippen LogP contribution in [0, 0.1) is 6.92 Å². The summed E-state index contributed by atoms with van der Waals surface area (Å²) in [4.78, 5) is 28.7. The molecule has 0 radical (unpaired) electrons. The topological polar surface area (TPSA) is 96.0 Å². The number of sulfonamides is 1. The summed E-state index contributed by atoms with van der Waals surface area (Å²) in [6.07, 6.45) is -4.68. The molecule has 0 spiro atoms. The average molecular weight is 654 g/mol. The smallest absolute Gasteiger partial charge is 0.416 e. The number of amides is 2. The molecule has 4 aromatic carbocycles. The van der Waals surface area contributed by atoms with E-state index in [1.807, 2.05) is 0 Å². The molecular formula is C34H34F3N3O5S. The standard InChI is InChI=1S/C34H34F3N3O5S/c1-24-15-17-30(18-16-24)46(43,44)40(28-13-8-12-27(21-28)34(35,36)37)23-32(41)39(22-26-11-7-14-29(19-26)45-3)31(33(42)38-2)20-25-9-5-4-6-10-25/h4-19,21,31H,20,22-23H2,1-3H3,(H,38,42)/t31-/m0/s1. The van der Waals surface area contributed by atoms with E-state index in [-0.39, 0.29) is 23.5 Å². The highest BCUT2D eigenvalue weighted by atomic mass is 32.2. The number of hydrogen-bond donors (Lipinski definition) is 1. The minimum Gasteiger partial charge on any atom is -0.497 e. The van der Waals surface area contributed by atoms with Gasteiger partial charge < -0.3 is 15.0 Å². The van der Waals surface area contributed by atoms with Gasteiger partial charge in [-0.15, -0.1) is 0 Å². The normalized spacial score (nSPS) is 12.2. The van der Waals surface area contributed by atoms with E-state index in [1.54, 1.807) is 73.7 Å². The lowest BCUT2D eigenvalue weighted by Crippen LogP contribution is -2.53. The van der Waals surface area contributed by atoms with Gasteiger partial charge in [0, 0.05) is 20.0 Å². The summed E-state index contributed by atoms with van der Waals surface area (Å²) in [5.41, 5.74) is 0.648. The Morgan fingerprint density at radius 1 is 0.870 bits per heavy atom. The molecule has 0 aliphatic heterocycles. The molecule has 242 valence electrons. The van der Waals surface area contributed by atoms with Crippen LogP contribution in [0.15, 0.2) is 108 Å². The van der Waals surface area contributed by atoms with Crippen LogP contribution in [0.1, 0.15) is 22.3 Å². The lowest BCUT2D eigenvalue weighted by molar-refractivity contribution is -0.139. The number of aryl methyl sites for hydroxylation is 1. The molecule has 0 aromatic heterocycles. The molecule has 0 saturated heterocycles. The number of rotatable bonds is 12. The average Bonchev–Trinajstić information content (AvgIpc) is 3.05. The van der Waals surface area contributed by atoms with Crippen LogP contribution in [0.25, 0.3) is 0 Å². The van der Waals surface area contributed by atoms with Crippen LogP contribution in [0.2, 0.25) is 0 Å². The fourth-order valence-electron chi connectivity index (χ4n) is 4.89. The van der Waals surface area contributed by atoms with Gasteiger partial charge in [-0.3, -0.25) is 13.9 Å². The van der Waals surface area contributed by atoms with Crippen LogP contribution < -0.4 is 14.4 Å². The third-order valence-corrected chi connectivity index (χ3v) is 9.14. The second-order valence-corrected chi connectivity index (χ2v) is 12.4. The fraction of sp³-hybridized carbons (Fsp3) is 0.235. The largest absolute Gasteiger partial charge is 0.497 e. The Hall–Kier alpha value is -4.84. The zero-order chi connectivity index (χ0) is 33.5. The number of nitrogens with zero attached hydrogens (tertiary/aromatic N) is 2. The molecule has 0 heterocycles. The number of hydrogen-bond acceptors (Lipinski definition) is 5. The number of alkyl halides is 3. The van der Waals surface area contributed by atoms with Crippen LogP contribution in [-0.2, 0) is 38.8 Å². The van der Waals surface area contributed by atoms with Crippen molar-refractivity contribution in [1.29, 1.82) is 0 Å². The monoisotopic (exact) mass is 653 g/mol. The third kappa shape index (κ3) is 8.25. The molecule has 0 unspecified atom stereocenters. The molecule has 0 aliphatic rings. The molecule has 12 heteroatoms. The van der Waals surface area contributed by atoms with E-state index in [4.69, 9.17) is 4.74 Å². The first-order valence-electron chi connectivity index (χ1n) is 14.3. The van der Waals surface area contributed by atoms with Gasteiger partial charge in [0.25, 0.3) is 10.0 Å². The number of likely N-dealkylation sites (N-methyl/N-ethyl adjacent to an activating group) is 1. The van der Waals surface area contributed by atoms with Gasteiger partial charge in [0.15, 0.2) is 0 Å². The number of carbonyl (C=O) groups excluding carboxylic acids is 2. The second-order valence-electron chi connectivity index (χ2n) is 10.6. The highest BCUT2D eigenvalue weighted by Crippen LogP contribution is 2.33. The van der Waals surface area contributed by atoms with E-state index in [9.17, 15) is 31.2 Å².